The Balaban J connectivity index is 3.07. The number of anilines is 2. The number of rotatable bonds is 6. The topological polar surface area (TPSA) is 93.0 Å². The molecule has 100 valence electrons. The third kappa shape index (κ3) is 3.28. The lowest BCUT2D eigenvalue weighted by molar-refractivity contribution is -0.384. The van der Waals surface area contributed by atoms with Gasteiger partial charge in [0.1, 0.15) is 6.20 Å². The van der Waals surface area contributed by atoms with Gasteiger partial charge >= 0.3 is 5.69 Å². The molecule has 7 nitrogen and oxygen atoms in total. The van der Waals surface area contributed by atoms with Crippen LogP contribution in [0.2, 0.25) is 0 Å². The van der Waals surface area contributed by atoms with Gasteiger partial charge < -0.3 is 10.6 Å². The van der Waals surface area contributed by atoms with Gasteiger partial charge in [-0.1, -0.05) is 20.8 Å². The van der Waals surface area contributed by atoms with E-state index in [0.717, 1.165) is 6.42 Å². The van der Waals surface area contributed by atoms with Crippen molar-refractivity contribution in [1.82, 2.24) is 9.97 Å². The lowest BCUT2D eigenvalue weighted by atomic mass is 10.0. The molecular formula is C11H19N5O2. The van der Waals surface area contributed by atoms with Crippen molar-refractivity contribution < 1.29 is 4.92 Å². The quantitative estimate of drug-likeness (QED) is 0.596. The summed E-state index contributed by atoms with van der Waals surface area (Å²) in [7, 11) is 1.67. The van der Waals surface area contributed by atoms with Crippen molar-refractivity contribution in [1.29, 1.82) is 0 Å². The molecule has 0 aromatic carbocycles. The summed E-state index contributed by atoms with van der Waals surface area (Å²) in [6.45, 7) is 6.16. The van der Waals surface area contributed by atoms with Gasteiger partial charge in [-0.05, 0) is 12.3 Å². The summed E-state index contributed by atoms with van der Waals surface area (Å²) in [6.07, 6.45) is 2.09. The summed E-state index contributed by atoms with van der Waals surface area (Å²) >= 11 is 0. The zero-order chi connectivity index (χ0) is 13.7. The number of nitrogens with zero attached hydrogens (tertiary/aromatic N) is 3. The maximum Gasteiger partial charge on any atom is 0.329 e. The molecule has 1 unspecified atom stereocenters. The summed E-state index contributed by atoms with van der Waals surface area (Å²) in [5, 5.41) is 16.8. The number of nitro groups is 1. The zero-order valence-corrected chi connectivity index (χ0v) is 11.1. The van der Waals surface area contributed by atoms with Gasteiger partial charge in [0.2, 0.25) is 11.8 Å². The molecule has 0 bridgehead atoms. The molecule has 0 spiro atoms. The molecule has 0 saturated carbocycles. The third-order valence-electron chi connectivity index (χ3n) is 2.76. The highest BCUT2D eigenvalue weighted by Gasteiger charge is 2.20. The first-order chi connectivity index (χ1) is 8.49. The molecule has 2 N–H and O–H groups in total. The molecule has 0 radical (unpaired) electrons. The van der Waals surface area contributed by atoms with Gasteiger partial charge in [0, 0.05) is 13.1 Å². The SMILES string of the molecule is CCC(Nc1nc(NC)ncc1[N+](=O)[O-])C(C)C. The van der Waals surface area contributed by atoms with E-state index in [4.69, 9.17) is 0 Å². The van der Waals surface area contributed by atoms with Crippen LogP contribution in [0.5, 0.6) is 0 Å². The summed E-state index contributed by atoms with van der Waals surface area (Å²) in [4.78, 5) is 18.4. The van der Waals surface area contributed by atoms with Crippen LogP contribution in [0.25, 0.3) is 0 Å². The molecule has 0 fully saturated rings. The Morgan fingerprint density at radius 3 is 2.61 bits per heavy atom. The van der Waals surface area contributed by atoms with Gasteiger partial charge in [-0.15, -0.1) is 0 Å². The fraction of sp³-hybridized carbons (Fsp3) is 0.636. The summed E-state index contributed by atoms with van der Waals surface area (Å²) < 4.78 is 0. The Morgan fingerprint density at radius 2 is 2.17 bits per heavy atom. The molecule has 0 aliphatic carbocycles. The fourth-order valence-electron chi connectivity index (χ4n) is 1.65. The Bertz CT molecular complexity index is 422. The Kier molecular flexibility index (Phi) is 4.82. The van der Waals surface area contributed by atoms with E-state index in [9.17, 15) is 10.1 Å². The van der Waals surface area contributed by atoms with Crippen LogP contribution in [-0.2, 0) is 0 Å². The van der Waals surface area contributed by atoms with Crippen molar-refractivity contribution in [3.05, 3.63) is 16.3 Å². The maximum atomic E-state index is 10.9. The van der Waals surface area contributed by atoms with Gasteiger partial charge in [0.05, 0.1) is 4.92 Å². The van der Waals surface area contributed by atoms with Gasteiger partial charge in [-0.3, -0.25) is 10.1 Å². The molecule has 1 atom stereocenters. The lowest BCUT2D eigenvalue weighted by Crippen LogP contribution is -2.25. The van der Waals surface area contributed by atoms with Crippen molar-refractivity contribution in [2.45, 2.75) is 33.2 Å². The van der Waals surface area contributed by atoms with Crippen molar-refractivity contribution in [2.75, 3.05) is 17.7 Å². The second kappa shape index (κ2) is 6.13. The monoisotopic (exact) mass is 253 g/mol. The van der Waals surface area contributed by atoms with Crippen LogP contribution in [0, 0.1) is 16.0 Å². The minimum absolute atomic E-state index is 0.104. The van der Waals surface area contributed by atoms with Crippen LogP contribution in [-0.4, -0.2) is 28.0 Å². The highest BCUT2D eigenvalue weighted by Crippen LogP contribution is 2.24. The van der Waals surface area contributed by atoms with Crippen molar-refractivity contribution in [2.24, 2.45) is 5.92 Å². The highest BCUT2D eigenvalue weighted by atomic mass is 16.6. The molecule has 1 aromatic heterocycles. The van der Waals surface area contributed by atoms with Crippen LogP contribution in [0.4, 0.5) is 17.5 Å². The average Bonchev–Trinajstić information content (AvgIpc) is 2.34. The normalized spacial score (nSPS) is 12.3. The standard InChI is InChI=1S/C11H19N5O2/c1-5-8(7(2)3)14-10-9(16(17)18)6-13-11(12-4)15-10/h6-8H,5H2,1-4H3,(H2,12,13,14,15). The van der Waals surface area contributed by atoms with E-state index in [2.05, 4.69) is 34.4 Å². The first-order valence-corrected chi connectivity index (χ1v) is 5.95. The molecule has 0 aliphatic heterocycles. The fourth-order valence-corrected chi connectivity index (χ4v) is 1.65. The maximum absolute atomic E-state index is 10.9. The number of hydrogen-bond donors (Lipinski definition) is 2. The molecule has 1 rings (SSSR count). The van der Waals surface area contributed by atoms with Crippen LogP contribution in [0.1, 0.15) is 27.2 Å². The molecule has 1 heterocycles. The molecule has 0 amide bonds. The van der Waals surface area contributed by atoms with E-state index in [-0.39, 0.29) is 17.5 Å². The number of aromatic nitrogens is 2. The van der Waals surface area contributed by atoms with Crippen LogP contribution in [0.15, 0.2) is 6.20 Å². The first kappa shape index (κ1) is 14.1. The number of hydrogen-bond acceptors (Lipinski definition) is 6. The molecule has 18 heavy (non-hydrogen) atoms. The average molecular weight is 253 g/mol. The van der Waals surface area contributed by atoms with E-state index in [1.807, 2.05) is 6.92 Å². The van der Waals surface area contributed by atoms with Gasteiger partial charge in [-0.2, -0.15) is 4.98 Å². The van der Waals surface area contributed by atoms with Crippen LogP contribution >= 0.6 is 0 Å². The van der Waals surface area contributed by atoms with E-state index in [0.29, 0.717) is 11.9 Å². The summed E-state index contributed by atoms with van der Waals surface area (Å²) in [5.74, 6) is 0.990. The molecule has 0 saturated heterocycles. The van der Waals surface area contributed by atoms with E-state index < -0.39 is 4.92 Å². The second-order valence-corrected chi connectivity index (χ2v) is 4.34. The molecule has 1 aromatic rings. The van der Waals surface area contributed by atoms with Crippen LogP contribution < -0.4 is 10.6 Å². The Labute approximate surface area is 106 Å². The Morgan fingerprint density at radius 1 is 1.50 bits per heavy atom. The zero-order valence-electron chi connectivity index (χ0n) is 11.1. The minimum Gasteiger partial charge on any atom is -0.361 e. The summed E-state index contributed by atoms with van der Waals surface area (Å²) in [5.41, 5.74) is -0.104. The highest BCUT2D eigenvalue weighted by molar-refractivity contribution is 5.57. The third-order valence-corrected chi connectivity index (χ3v) is 2.76. The minimum atomic E-state index is -0.477. The number of nitrogens with one attached hydrogen (secondary N) is 2. The Hall–Kier alpha value is -1.92. The first-order valence-electron chi connectivity index (χ1n) is 5.95. The molecule has 0 aliphatic rings. The smallest absolute Gasteiger partial charge is 0.329 e. The van der Waals surface area contributed by atoms with E-state index >= 15 is 0 Å². The predicted octanol–water partition coefficient (Wildman–Crippen LogP) is 2.27. The summed E-state index contributed by atoms with van der Waals surface area (Å²) in [6, 6.07) is 0.142. The lowest BCUT2D eigenvalue weighted by Gasteiger charge is -2.21. The van der Waals surface area contributed by atoms with E-state index in [1.165, 1.54) is 6.20 Å². The van der Waals surface area contributed by atoms with Crippen molar-refractivity contribution >= 4 is 17.5 Å². The van der Waals surface area contributed by atoms with Gasteiger partial charge in [0.25, 0.3) is 0 Å². The van der Waals surface area contributed by atoms with Crippen molar-refractivity contribution in [3.63, 3.8) is 0 Å². The second-order valence-electron chi connectivity index (χ2n) is 4.34. The molecular weight excluding hydrogens is 234 g/mol. The molecule has 7 heteroatoms. The predicted molar refractivity (Wildman–Crippen MR) is 70.8 cm³/mol. The van der Waals surface area contributed by atoms with Gasteiger partial charge in [-0.25, -0.2) is 4.98 Å². The largest absolute Gasteiger partial charge is 0.361 e. The van der Waals surface area contributed by atoms with Gasteiger partial charge in [0.15, 0.2) is 0 Å². The van der Waals surface area contributed by atoms with E-state index in [1.54, 1.807) is 7.05 Å². The van der Waals surface area contributed by atoms with Crippen LogP contribution in [0.3, 0.4) is 0 Å². The van der Waals surface area contributed by atoms with Crippen molar-refractivity contribution in [3.8, 4) is 0 Å².